The number of carbonyl (C=O) groups is 1. The lowest BCUT2D eigenvalue weighted by Crippen LogP contribution is -2.45. The van der Waals surface area contributed by atoms with E-state index in [1.165, 1.54) is 15.5 Å². The van der Waals surface area contributed by atoms with Crippen LogP contribution in [-0.2, 0) is 32.6 Å². The molecule has 1 atom stereocenters. The molecule has 0 aliphatic carbocycles. The highest BCUT2D eigenvalue weighted by Crippen LogP contribution is 2.27. The van der Waals surface area contributed by atoms with Gasteiger partial charge in [0, 0.05) is 25.1 Å². The van der Waals surface area contributed by atoms with Gasteiger partial charge in [-0.1, -0.05) is 78.4 Å². The predicted molar refractivity (Wildman–Crippen MR) is 170 cm³/mol. The first-order valence-corrected chi connectivity index (χ1v) is 16.2. The van der Waals surface area contributed by atoms with Crippen LogP contribution >= 0.6 is 0 Å². The number of rotatable bonds is 10. The summed E-state index contributed by atoms with van der Waals surface area (Å²) in [6.45, 7) is 2.24. The van der Waals surface area contributed by atoms with Crippen molar-refractivity contribution in [3.8, 4) is 0 Å². The van der Waals surface area contributed by atoms with E-state index in [1.54, 1.807) is 36.4 Å². The minimum absolute atomic E-state index is 0.0397. The summed E-state index contributed by atoms with van der Waals surface area (Å²) >= 11 is 0. The average Bonchev–Trinajstić information content (AvgIpc) is 3.55. The van der Waals surface area contributed by atoms with Gasteiger partial charge in [0.25, 0.3) is 0 Å². The summed E-state index contributed by atoms with van der Waals surface area (Å²) in [7, 11) is -4.11. The largest absolute Gasteiger partial charge is 0.464 e. The van der Waals surface area contributed by atoms with Crippen LogP contribution in [0.15, 0.2) is 111 Å². The normalized spacial score (nSPS) is 15.3. The molecule has 1 aliphatic rings. The van der Waals surface area contributed by atoms with E-state index in [9.17, 15) is 18.0 Å². The fraction of sp³-hybridized carbons (Fsp3) is 0.257. The first-order chi connectivity index (χ1) is 21.3. The van der Waals surface area contributed by atoms with Crippen molar-refractivity contribution in [3.63, 3.8) is 0 Å². The van der Waals surface area contributed by atoms with Crippen molar-refractivity contribution in [1.29, 1.82) is 0 Å². The van der Waals surface area contributed by atoms with Gasteiger partial charge in [-0.2, -0.15) is 4.31 Å². The van der Waals surface area contributed by atoms with Crippen molar-refractivity contribution < 1.29 is 22.4 Å². The molecule has 1 aromatic heterocycles. The van der Waals surface area contributed by atoms with Crippen LogP contribution in [0, 0.1) is 6.92 Å². The molecule has 6 rings (SSSR count). The highest BCUT2D eigenvalue weighted by molar-refractivity contribution is 7.89. The molecule has 0 spiro atoms. The Morgan fingerprint density at radius 3 is 2.48 bits per heavy atom. The maximum absolute atomic E-state index is 14.3. The Balaban J connectivity index is 1.36. The highest BCUT2D eigenvalue weighted by atomic mass is 32.2. The first kappa shape index (κ1) is 29.7. The Kier molecular flexibility index (Phi) is 8.61. The van der Waals surface area contributed by atoms with Crippen molar-refractivity contribution in [2.24, 2.45) is 0 Å². The van der Waals surface area contributed by atoms with E-state index in [-0.39, 0.29) is 36.1 Å². The molecule has 0 N–H and O–H groups in total. The molecule has 4 aromatic carbocycles. The topological polar surface area (TPSA) is 97.1 Å². The van der Waals surface area contributed by atoms with Gasteiger partial charge in [0.2, 0.25) is 15.9 Å². The van der Waals surface area contributed by atoms with E-state index < -0.39 is 22.5 Å². The van der Waals surface area contributed by atoms with Gasteiger partial charge in [-0.15, -0.1) is 0 Å². The Labute approximate surface area is 256 Å². The Morgan fingerprint density at radius 1 is 0.909 bits per heavy atom. The molecule has 9 heteroatoms. The van der Waals surface area contributed by atoms with Crippen molar-refractivity contribution in [2.45, 2.75) is 43.9 Å². The monoisotopic (exact) mass is 610 g/mol. The van der Waals surface area contributed by atoms with Crippen molar-refractivity contribution in [1.82, 2.24) is 9.21 Å². The van der Waals surface area contributed by atoms with Crippen LogP contribution in [0.25, 0.3) is 21.7 Å². The number of carbonyl (C=O) groups excluding carboxylic acids is 1. The smallest absolute Gasteiger partial charge is 0.244 e. The second kappa shape index (κ2) is 12.7. The molecule has 0 saturated carbocycles. The molecular weight excluding hydrogens is 576 g/mol. The summed E-state index contributed by atoms with van der Waals surface area (Å²) in [5.74, 6) is -0.431. The molecule has 1 aliphatic heterocycles. The van der Waals surface area contributed by atoms with Gasteiger partial charge in [-0.25, -0.2) is 8.42 Å². The first-order valence-electron chi connectivity index (χ1n) is 14.7. The molecule has 2 heterocycles. The second-order valence-corrected chi connectivity index (χ2v) is 13.1. The van der Waals surface area contributed by atoms with Gasteiger partial charge < -0.3 is 14.1 Å². The number of benzene rings is 4. The van der Waals surface area contributed by atoms with Gasteiger partial charge in [-0.05, 0) is 48.9 Å². The van der Waals surface area contributed by atoms with Crippen LogP contribution in [-0.4, -0.2) is 49.3 Å². The maximum atomic E-state index is 14.3. The van der Waals surface area contributed by atoms with Crippen LogP contribution in [0.3, 0.4) is 0 Å². The minimum Gasteiger partial charge on any atom is -0.464 e. The standard InChI is InChI=1S/C35H34N2O6S/c1-25-16-17-32-31(19-25)35(39)28(24-43-32)21-36(20-26-9-3-2-4-10-26)34(38)23-37(22-29-13-8-18-42-29)44(40,41)33-15-7-12-27-11-5-6-14-30(27)33/h2-7,9-12,14-17,19,24,29H,8,13,18,20-23H2,1H3/t29-/m0/s1. The second-order valence-electron chi connectivity index (χ2n) is 11.2. The molecule has 44 heavy (non-hydrogen) atoms. The maximum Gasteiger partial charge on any atom is 0.244 e. The number of aryl methyl sites for hydroxylation is 1. The van der Waals surface area contributed by atoms with E-state index in [2.05, 4.69) is 0 Å². The molecule has 226 valence electrons. The summed E-state index contributed by atoms with van der Waals surface area (Å²) in [6.07, 6.45) is 2.62. The zero-order valence-corrected chi connectivity index (χ0v) is 25.3. The van der Waals surface area contributed by atoms with E-state index in [0.29, 0.717) is 34.9 Å². The Hall–Kier alpha value is -4.31. The summed E-state index contributed by atoms with van der Waals surface area (Å²) in [6, 6.07) is 27.3. The summed E-state index contributed by atoms with van der Waals surface area (Å²) < 4.78 is 41.4. The van der Waals surface area contributed by atoms with E-state index in [1.807, 2.05) is 61.5 Å². The quantitative estimate of drug-likeness (QED) is 0.203. The zero-order chi connectivity index (χ0) is 30.7. The molecule has 1 amide bonds. The molecule has 5 aromatic rings. The zero-order valence-electron chi connectivity index (χ0n) is 24.5. The van der Waals surface area contributed by atoms with E-state index in [4.69, 9.17) is 9.15 Å². The summed E-state index contributed by atoms with van der Waals surface area (Å²) in [5.41, 5.74) is 2.33. The number of hydrogen-bond donors (Lipinski definition) is 0. The highest BCUT2D eigenvalue weighted by Gasteiger charge is 2.33. The SMILES string of the molecule is Cc1ccc2occ(CN(Cc3ccccc3)C(=O)CN(C[C@@H]3CCCO3)S(=O)(=O)c3cccc4ccccc34)c(=O)c2c1. The van der Waals surface area contributed by atoms with Crippen LogP contribution in [0.2, 0.25) is 0 Å². The number of sulfonamides is 1. The number of fused-ring (bicyclic) bond motifs is 2. The van der Waals surface area contributed by atoms with Gasteiger partial charge in [0.1, 0.15) is 5.58 Å². The average molecular weight is 611 g/mol. The Morgan fingerprint density at radius 2 is 1.68 bits per heavy atom. The fourth-order valence-electron chi connectivity index (χ4n) is 5.71. The van der Waals surface area contributed by atoms with Gasteiger partial charge in [-0.3, -0.25) is 9.59 Å². The van der Waals surface area contributed by atoms with Crippen LogP contribution in [0.4, 0.5) is 0 Å². The van der Waals surface area contributed by atoms with Crippen molar-refractivity contribution in [2.75, 3.05) is 19.7 Å². The number of nitrogens with zero attached hydrogens (tertiary/aromatic N) is 2. The van der Waals surface area contributed by atoms with Crippen LogP contribution in [0.1, 0.15) is 29.5 Å². The molecule has 8 nitrogen and oxygen atoms in total. The molecule has 1 fully saturated rings. The lowest BCUT2D eigenvalue weighted by atomic mass is 10.1. The molecule has 0 radical (unpaired) electrons. The van der Waals surface area contributed by atoms with Crippen LogP contribution in [0.5, 0.6) is 0 Å². The third-order valence-corrected chi connectivity index (χ3v) is 9.91. The van der Waals surface area contributed by atoms with Crippen LogP contribution < -0.4 is 5.43 Å². The molecule has 1 saturated heterocycles. The third-order valence-electron chi connectivity index (χ3n) is 8.04. The Bertz CT molecular complexity index is 1960. The summed E-state index contributed by atoms with van der Waals surface area (Å²) in [5, 5.41) is 1.82. The fourth-order valence-corrected chi connectivity index (χ4v) is 7.35. The van der Waals surface area contributed by atoms with Gasteiger partial charge >= 0.3 is 0 Å². The number of ether oxygens (including phenoxy) is 1. The number of amides is 1. The lowest BCUT2D eigenvalue weighted by molar-refractivity contribution is -0.132. The van der Waals surface area contributed by atoms with Gasteiger partial charge in [0.05, 0.1) is 41.3 Å². The third kappa shape index (κ3) is 6.31. The van der Waals surface area contributed by atoms with Crippen molar-refractivity contribution >= 4 is 37.7 Å². The molecular formula is C35H34N2O6S. The predicted octanol–water partition coefficient (Wildman–Crippen LogP) is 5.65. The van der Waals surface area contributed by atoms with E-state index >= 15 is 0 Å². The minimum atomic E-state index is -4.11. The molecule has 0 bridgehead atoms. The lowest BCUT2D eigenvalue weighted by Gasteiger charge is -2.29. The van der Waals surface area contributed by atoms with Gasteiger partial charge in [0.15, 0.2) is 5.43 Å². The number of hydrogen-bond acceptors (Lipinski definition) is 6. The van der Waals surface area contributed by atoms with E-state index in [0.717, 1.165) is 22.9 Å². The van der Waals surface area contributed by atoms with Crippen molar-refractivity contribution in [3.05, 3.63) is 124 Å². The molecule has 0 unspecified atom stereocenters. The summed E-state index contributed by atoms with van der Waals surface area (Å²) in [4.78, 5) is 29.3.